The second-order valence-corrected chi connectivity index (χ2v) is 11.6. The normalized spacial score (nSPS) is 19.0. The van der Waals surface area contributed by atoms with Crippen molar-refractivity contribution in [2.75, 3.05) is 31.9 Å². The van der Waals surface area contributed by atoms with Gasteiger partial charge in [-0.2, -0.15) is 0 Å². The molecule has 0 bridgehead atoms. The van der Waals surface area contributed by atoms with Crippen molar-refractivity contribution in [3.63, 3.8) is 0 Å². The topological polar surface area (TPSA) is 56.4 Å². The fourth-order valence-corrected chi connectivity index (χ4v) is 6.50. The number of nitrogens with one attached hydrogen (secondary N) is 1. The predicted octanol–water partition coefficient (Wildman–Crippen LogP) is 5.10. The van der Waals surface area contributed by atoms with Crippen LogP contribution in [0.3, 0.4) is 0 Å². The first-order valence-electron chi connectivity index (χ1n) is 12.0. The van der Waals surface area contributed by atoms with E-state index in [2.05, 4.69) is 16.0 Å². The van der Waals surface area contributed by atoms with Crippen LogP contribution in [0.15, 0.2) is 42.6 Å². The maximum atomic E-state index is 14.9. The van der Waals surface area contributed by atoms with E-state index in [1.54, 1.807) is 17.3 Å². The molecule has 0 amide bonds. The fourth-order valence-electron chi connectivity index (χ4n) is 5.37. The predicted molar refractivity (Wildman–Crippen MR) is 131 cm³/mol. The molecule has 2 saturated heterocycles. The third-order valence-electron chi connectivity index (χ3n) is 7.31. The average Bonchev–Trinajstić information content (AvgIpc) is 3.50. The van der Waals surface area contributed by atoms with Gasteiger partial charge in [-0.3, -0.25) is 4.90 Å². The van der Waals surface area contributed by atoms with Gasteiger partial charge < -0.3 is 4.98 Å². The number of hydrogen-bond acceptors (Lipinski definition) is 3. The molecule has 0 radical (unpaired) electrons. The molecule has 7 heteroatoms. The second kappa shape index (κ2) is 9.20. The summed E-state index contributed by atoms with van der Waals surface area (Å²) in [5.41, 5.74) is 4.91. The lowest BCUT2D eigenvalue weighted by Crippen LogP contribution is -2.38. The van der Waals surface area contributed by atoms with Gasteiger partial charge in [0.15, 0.2) is 0 Å². The number of aromatic amines is 1. The number of H-pyrrole nitrogens is 1. The Hall–Kier alpha value is -2.22. The number of rotatable bonds is 6. The summed E-state index contributed by atoms with van der Waals surface area (Å²) in [5, 5.41) is 1.11. The minimum Gasteiger partial charge on any atom is -0.361 e. The molecule has 0 atom stereocenters. The zero-order valence-corrected chi connectivity index (χ0v) is 20.0. The Labute approximate surface area is 195 Å². The van der Waals surface area contributed by atoms with Gasteiger partial charge in [0.05, 0.1) is 5.75 Å². The summed E-state index contributed by atoms with van der Waals surface area (Å²) >= 11 is 0. The molecule has 3 heterocycles. The molecule has 2 fully saturated rings. The van der Waals surface area contributed by atoms with Crippen LogP contribution in [0.4, 0.5) is 4.39 Å². The Kier molecular flexibility index (Phi) is 6.29. The largest absolute Gasteiger partial charge is 0.361 e. The van der Waals surface area contributed by atoms with Crippen LogP contribution in [0.1, 0.15) is 49.7 Å². The van der Waals surface area contributed by atoms with Gasteiger partial charge >= 0.3 is 0 Å². The number of halogens is 1. The minimum atomic E-state index is -3.14. The minimum absolute atomic E-state index is 0.149. The molecule has 0 saturated carbocycles. The second-order valence-electron chi connectivity index (χ2n) is 9.38. The molecule has 0 unspecified atom stereocenters. The van der Waals surface area contributed by atoms with E-state index in [1.165, 1.54) is 18.4 Å². The van der Waals surface area contributed by atoms with Crippen molar-refractivity contribution in [2.24, 2.45) is 0 Å². The lowest BCUT2D eigenvalue weighted by molar-refractivity contribution is 0.321. The van der Waals surface area contributed by atoms with Crippen molar-refractivity contribution in [2.45, 2.75) is 45.1 Å². The fraction of sp³-hybridized carbons (Fsp3) is 0.462. The first-order chi connectivity index (χ1) is 15.9. The molecule has 33 heavy (non-hydrogen) atoms. The number of benzene rings is 2. The Bertz CT molecular complexity index is 1240. The Balaban J connectivity index is 1.41. The number of likely N-dealkylation sites (tertiary alicyclic amines) is 1. The lowest BCUT2D eigenvalue weighted by Gasteiger charge is -2.30. The van der Waals surface area contributed by atoms with E-state index in [0.717, 1.165) is 54.5 Å². The van der Waals surface area contributed by atoms with Crippen molar-refractivity contribution >= 4 is 20.9 Å². The average molecular weight is 470 g/mol. The van der Waals surface area contributed by atoms with Gasteiger partial charge in [-0.15, -0.1) is 0 Å². The Morgan fingerprint density at radius 2 is 1.79 bits per heavy atom. The molecular weight excluding hydrogens is 437 g/mol. The highest BCUT2D eigenvalue weighted by atomic mass is 32.2. The van der Waals surface area contributed by atoms with Crippen LogP contribution in [0, 0.1) is 5.82 Å². The summed E-state index contributed by atoms with van der Waals surface area (Å²) in [6.07, 6.45) is 6.13. The number of sulfonamides is 1. The number of hydrogen-bond donors (Lipinski definition) is 1. The maximum absolute atomic E-state index is 14.9. The first kappa shape index (κ1) is 22.6. The van der Waals surface area contributed by atoms with Gasteiger partial charge in [-0.25, -0.2) is 17.1 Å². The quantitative estimate of drug-likeness (QED) is 0.547. The molecule has 0 spiro atoms. The third-order valence-corrected chi connectivity index (χ3v) is 9.19. The standard InChI is InChI=1S/C26H32FN3O2S/c1-2-33(31,32)30-13-9-20(10-14-30)24-17-28-26-8-6-21(16-23(24)26)22-15-19(5-7-25(22)27)18-29-11-3-4-12-29/h5-8,15-17,20,28H,2-4,9-14,18H2,1H3. The van der Waals surface area contributed by atoms with E-state index >= 15 is 0 Å². The molecule has 3 aromatic rings. The van der Waals surface area contributed by atoms with E-state index in [-0.39, 0.29) is 11.6 Å². The van der Waals surface area contributed by atoms with Crippen molar-refractivity contribution in [3.8, 4) is 11.1 Å². The molecule has 5 nitrogen and oxygen atoms in total. The Morgan fingerprint density at radius 1 is 1.03 bits per heavy atom. The van der Waals surface area contributed by atoms with Crippen molar-refractivity contribution in [3.05, 3.63) is 59.5 Å². The summed E-state index contributed by atoms with van der Waals surface area (Å²) in [6.45, 7) is 5.90. The molecule has 1 aromatic heterocycles. The zero-order valence-electron chi connectivity index (χ0n) is 19.2. The van der Waals surface area contributed by atoms with E-state index in [0.29, 0.717) is 24.6 Å². The van der Waals surface area contributed by atoms with Gasteiger partial charge in [0, 0.05) is 42.3 Å². The van der Waals surface area contributed by atoms with Crippen LogP contribution in [0.5, 0.6) is 0 Å². The number of piperidine rings is 1. The highest BCUT2D eigenvalue weighted by Gasteiger charge is 2.28. The van der Waals surface area contributed by atoms with Crippen LogP contribution in [-0.4, -0.2) is 54.5 Å². The van der Waals surface area contributed by atoms with Crippen LogP contribution in [0.2, 0.25) is 0 Å². The van der Waals surface area contributed by atoms with E-state index in [4.69, 9.17) is 0 Å². The molecule has 1 N–H and O–H groups in total. The van der Waals surface area contributed by atoms with Crippen LogP contribution in [0.25, 0.3) is 22.0 Å². The van der Waals surface area contributed by atoms with Crippen molar-refractivity contribution < 1.29 is 12.8 Å². The van der Waals surface area contributed by atoms with Crippen LogP contribution < -0.4 is 0 Å². The van der Waals surface area contributed by atoms with Crippen LogP contribution in [-0.2, 0) is 16.6 Å². The van der Waals surface area contributed by atoms with E-state index < -0.39 is 10.0 Å². The SMILES string of the molecule is CCS(=O)(=O)N1CCC(c2c[nH]c3ccc(-c4cc(CN5CCCC5)ccc4F)cc23)CC1. The monoisotopic (exact) mass is 469 g/mol. The molecular formula is C26H32FN3O2S. The zero-order chi connectivity index (χ0) is 23.0. The smallest absolute Gasteiger partial charge is 0.213 e. The summed E-state index contributed by atoms with van der Waals surface area (Å²) in [6, 6.07) is 11.6. The summed E-state index contributed by atoms with van der Waals surface area (Å²) < 4.78 is 40.9. The van der Waals surface area contributed by atoms with Gasteiger partial charge in [0.1, 0.15) is 5.82 Å². The first-order valence-corrected chi connectivity index (χ1v) is 13.7. The highest BCUT2D eigenvalue weighted by molar-refractivity contribution is 7.89. The van der Waals surface area contributed by atoms with Gasteiger partial charge in [0.25, 0.3) is 0 Å². The van der Waals surface area contributed by atoms with Crippen molar-refractivity contribution in [1.82, 2.24) is 14.2 Å². The number of fused-ring (bicyclic) bond motifs is 1. The number of aromatic nitrogens is 1. The summed E-state index contributed by atoms with van der Waals surface area (Å²) in [4.78, 5) is 5.78. The number of nitrogens with zero attached hydrogens (tertiary/aromatic N) is 2. The molecule has 2 aliphatic heterocycles. The van der Waals surface area contributed by atoms with Gasteiger partial charge in [-0.1, -0.05) is 12.1 Å². The molecule has 2 aromatic carbocycles. The molecule has 2 aliphatic rings. The van der Waals surface area contributed by atoms with Crippen LogP contribution >= 0.6 is 0 Å². The highest BCUT2D eigenvalue weighted by Crippen LogP contribution is 2.36. The molecule has 5 rings (SSSR count). The summed E-state index contributed by atoms with van der Waals surface area (Å²) in [5.74, 6) is 0.245. The molecule has 0 aliphatic carbocycles. The Morgan fingerprint density at radius 3 is 2.52 bits per heavy atom. The van der Waals surface area contributed by atoms with E-state index in [9.17, 15) is 12.8 Å². The van der Waals surface area contributed by atoms with Crippen molar-refractivity contribution in [1.29, 1.82) is 0 Å². The maximum Gasteiger partial charge on any atom is 0.213 e. The lowest BCUT2D eigenvalue weighted by atomic mass is 9.89. The summed E-state index contributed by atoms with van der Waals surface area (Å²) in [7, 11) is -3.14. The third kappa shape index (κ3) is 4.59. The van der Waals surface area contributed by atoms with E-state index in [1.807, 2.05) is 30.5 Å². The van der Waals surface area contributed by atoms with Gasteiger partial charge in [-0.05, 0) is 92.6 Å². The van der Waals surface area contributed by atoms with Gasteiger partial charge in [0.2, 0.25) is 10.0 Å². The molecule has 176 valence electrons.